The highest BCUT2D eigenvalue weighted by Crippen LogP contribution is 2.47. The second-order valence-corrected chi connectivity index (χ2v) is 13.7. The molecule has 5 heterocycles. The van der Waals surface area contributed by atoms with Crippen LogP contribution < -0.4 is 16.5 Å². The van der Waals surface area contributed by atoms with Crippen molar-refractivity contribution >= 4 is 107 Å². The van der Waals surface area contributed by atoms with Crippen molar-refractivity contribution in [3.8, 4) is 0 Å². The number of carbonyl (C=O) groups excluding carboxylic acids is 2. The fourth-order valence-electron chi connectivity index (χ4n) is 3.81. The number of amides is 2. The molecule has 18 heteroatoms. The van der Waals surface area contributed by atoms with Crippen LogP contribution >= 0.6 is 69.1 Å². The van der Waals surface area contributed by atoms with Crippen LogP contribution in [0.15, 0.2) is 36.2 Å². The maximum Gasteiger partial charge on any atom is 0.353 e. The summed E-state index contributed by atoms with van der Waals surface area (Å²) in [6.45, 7) is -0.517. The highest BCUT2D eigenvalue weighted by Gasteiger charge is 2.54. The minimum Gasteiger partial charge on any atom is -0.477 e. The van der Waals surface area contributed by atoms with E-state index in [4.69, 9.17) is 17.3 Å². The summed E-state index contributed by atoms with van der Waals surface area (Å²) >= 11 is 11.6. The fourth-order valence-corrected chi connectivity index (χ4v) is 9.81. The molecule has 5 rings (SSSR count). The van der Waals surface area contributed by atoms with E-state index in [1.54, 1.807) is 11.4 Å². The molecule has 0 bridgehead atoms. The number of thioether (sulfide) groups is 2. The molecule has 0 aromatic carbocycles. The number of halogens is 1. The van der Waals surface area contributed by atoms with Crippen LogP contribution in [0, 0.1) is 0 Å². The van der Waals surface area contributed by atoms with Crippen molar-refractivity contribution in [1.82, 2.24) is 15.2 Å². The summed E-state index contributed by atoms with van der Waals surface area (Å²) in [4.78, 5) is 56.1. The van der Waals surface area contributed by atoms with Crippen LogP contribution in [0.2, 0.25) is 4.34 Å². The zero-order valence-electron chi connectivity index (χ0n) is 18.5. The number of thiophene rings is 1. The predicted octanol–water partition coefficient (Wildman–Crippen LogP) is 2.17. The van der Waals surface area contributed by atoms with E-state index in [9.17, 15) is 34.6 Å². The third-order valence-electron chi connectivity index (χ3n) is 5.50. The number of carboxylic acid groups (broad SMARTS) is 1. The highest BCUT2D eigenvalue weighted by atomic mass is 35.5. The number of hydrogen-bond acceptors (Lipinski definition) is 14. The Labute approximate surface area is 237 Å². The third-order valence-corrected chi connectivity index (χ3v) is 11.6. The first-order valence-electron chi connectivity index (χ1n) is 10.3. The van der Waals surface area contributed by atoms with Crippen LogP contribution in [0.1, 0.15) is 11.3 Å². The van der Waals surface area contributed by atoms with Crippen molar-refractivity contribution in [1.29, 1.82) is 0 Å². The molecule has 2 aliphatic heterocycles. The molecule has 198 valence electrons. The number of nitrogens with two attached hydrogens (primary N) is 1. The average Bonchev–Trinajstić information content (AvgIpc) is 3.48. The van der Waals surface area contributed by atoms with Crippen LogP contribution in [0.25, 0.3) is 9.40 Å². The highest BCUT2D eigenvalue weighted by molar-refractivity contribution is 8.07. The Morgan fingerprint density at radius 3 is 2.74 bits per heavy atom. The van der Waals surface area contributed by atoms with Crippen molar-refractivity contribution < 1.29 is 29.8 Å². The van der Waals surface area contributed by atoms with Gasteiger partial charge in [0.2, 0.25) is 5.43 Å². The van der Waals surface area contributed by atoms with Gasteiger partial charge in [0.25, 0.3) is 11.8 Å². The molecule has 0 saturated carbocycles. The second-order valence-electron chi connectivity index (χ2n) is 7.63. The largest absolute Gasteiger partial charge is 0.477 e. The monoisotopic (exact) mass is 631 g/mol. The molecule has 3 aromatic heterocycles. The van der Waals surface area contributed by atoms with E-state index in [-0.39, 0.29) is 37.6 Å². The number of aliphatic carboxylic acids is 1. The van der Waals surface area contributed by atoms with Crippen LogP contribution in [0.3, 0.4) is 0 Å². The zero-order chi connectivity index (χ0) is 27.3. The number of rotatable bonds is 7. The normalized spacial score (nSPS) is 19.5. The molecule has 0 spiro atoms. The number of thiazole rings is 1. The number of nitrogens with one attached hydrogen (secondary N) is 1. The Balaban J connectivity index is 1.41. The standard InChI is InChI=1S/C20H14ClN5O7S5/c21-14-8(24-20(22)38-14)9(25-33)15(29)23-10-16(30)26-11(18(31)32)7(4-35-17(10)26)37-19-5(3-27)12(28)13-6(36-19)1-2-34-13/h1-2,10,17,27,33H,3-4H2,(H2,22,24)(H,23,29)(H,31,32)/t10?,17-/m0/s1. The molecule has 3 aromatic rings. The Morgan fingerprint density at radius 1 is 1.34 bits per heavy atom. The van der Waals surface area contributed by atoms with Crippen molar-refractivity contribution in [3.05, 3.63) is 47.9 Å². The summed E-state index contributed by atoms with van der Waals surface area (Å²) in [7, 11) is 0. The molecule has 2 amide bonds. The molecule has 0 radical (unpaired) electrons. The lowest BCUT2D eigenvalue weighted by Crippen LogP contribution is -2.71. The minimum atomic E-state index is -1.35. The minimum absolute atomic E-state index is 0.0157. The quantitative estimate of drug-likeness (QED) is 0.111. The molecule has 6 N–H and O–H groups in total. The Hall–Kier alpha value is -2.67. The second kappa shape index (κ2) is 10.5. The van der Waals surface area contributed by atoms with Gasteiger partial charge >= 0.3 is 5.97 Å². The van der Waals surface area contributed by atoms with Crippen LogP contribution in [-0.4, -0.2) is 66.0 Å². The number of carbonyl (C=O) groups is 3. The number of fused-ring (bicyclic) bond motifs is 2. The van der Waals surface area contributed by atoms with Crippen molar-refractivity contribution in [2.45, 2.75) is 22.2 Å². The summed E-state index contributed by atoms with van der Waals surface area (Å²) in [5.74, 6) is -2.82. The van der Waals surface area contributed by atoms with E-state index in [2.05, 4.69) is 15.5 Å². The van der Waals surface area contributed by atoms with Crippen LogP contribution in [0.5, 0.6) is 0 Å². The van der Waals surface area contributed by atoms with Gasteiger partial charge in [-0.1, -0.05) is 39.9 Å². The summed E-state index contributed by atoms with van der Waals surface area (Å²) in [6, 6.07) is 0.671. The van der Waals surface area contributed by atoms with Gasteiger partial charge in [-0.15, -0.1) is 34.4 Å². The number of hydrogen-bond donors (Lipinski definition) is 5. The van der Waals surface area contributed by atoms with Gasteiger partial charge in [-0.3, -0.25) is 19.3 Å². The van der Waals surface area contributed by atoms with Gasteiger partial charge in [0.05, 0.1) is 25.8 Å². The van der Waals surface area contributed by atoms with E-state index in [1.807, 2.05) is 0 Å². The van der Waals surface area contributed by atoms with Gasteiger partial charge in [0, 0.05) is 10.7 Å². The average molecular weight is 632 g/mol. The third kappa shape index (κ3) is 4.47. The van der Waals surface area contributed by atoms with Gasteiger partial charge in [0.1, 0.15) is 27.1 Å². The summed E-state index contributed by atoms with van der Waals surface area (Å²) < 4.78 is 1.68. The molecule has 2 atom stereocenters. The lowest BCUT2D eigenvalue weighted by molar-refractivity contribution is -0.150. The van der Waals surface area contributed by atoms with E-state index in [0.717, 1.165) is 28.0 Å². The number of carboxylic acids is 1. The molecule has 1 unspecified atom stereocenters. The fraction of sp³-hybridized carbons (Fsp3) is 0.200. The van der Waals surface area contributed by atoms with E-state index in [0.29, 0.717) is 18.5 Å². The topological polar surface area (TPSA) is 196 Å². The van der Waals surface area contributed by atoms with Gasteiger partial charge in [0.15, 0.2) is 10.8 Å². The summed E-state index contributed by atoms with van der Waals surface area (Å²) in [6.07, 6.45) is 0. The first-order chi connectivity index (χ1) is 18.2. The molecule has 12 nitrogen and oxygen atoms in total. The van der Waals surface area contributed by atoms with E-state index < -0.39 is 41.5 Å². The van der Waals surface area contributed by atoms with Gasteiger partial charge in [-0.25, -0.2) is 9.78 Å². The molecule has 1 saturated heterocycles. The smallest absolute Gasteiger partial charge is 0.353 e. The Kier molecular flexibility index (Phi) is 7.42. The first-order valence-corrected chi connectivity index (χ1v) is 15.1. The molecular weight excluding hydrogens is 618 g/mol. The zero-order valence-corrected chi connectivity index (χ0v) is 23.4. The number of β-lactam (4-membered cyclic amide) rings is 1. The number of aliphatic hydroxyl groups is 1. The van der Waals surface area contributed by atoms with Gasteiger partial charge in [-0.2, -0.15) is 0 Å². The number of aromatic nitrogens is 1. The lowest BCUT2D eigenvalue weighted by atomic mass is 10.0. The Morgan fingerprint density at radius 2 is 2.11 bits per heavy atom. The molecular formula is C20H14ClN5O7S5. The van der Waals surface area contributed by atoms with Gasteiger partial charge in [-0.05, 0) is 11.4 Å². The van der Waals surface area contributed by atoms with Crippen LogP contribution in [-0.2, 0) is 21.0 Å². The summed E-state index contributed by atoms with van der Waals surface area (Å²) in [5, 5.41) is 35.6. The SMILES string of the molecule is Nc1nc(C(=NO)C(=O)NC2C(=O)N3C(C(=O)O)=C(Sc4sc5ccsc5c(=O)c4CO)CS[C@@H]23)c(Cl)s1. The number of nitrogen functional groups attached to an aromatic ring is 1. The maximum atomic E-state index is 13.0. The Bertz CT molecular complexity index is 1630. The van der Waals surface area contributed by atoms with E-state index in [1.165, 1.54) is 34.4 Å². The molecule has 0 aliphatic carbocycles. The lowest BCUT2D eigenvalue weighted by Gasteiger charge is -2.49. The molecule has 38 heavy (non-hydrogen) atoms. The van der Waals surface area contributed by atoms with Gasteiger partial charge < -0.3 is 26.5 Å². The molecule has 2 aliphatic rings. The first kappa shape index (κ1) is 26.9. The molecule has 1 fully saturated rings. The van der Waals surface area contributed by atoms with E-state index >= 15 is 0 Å². The van der Waals surface area contributed by atoms with Crippen molar-refractivity contribution in [2.24, 2.45) is 5.16 Å². The number of anilines is 1. The number of oxime groups is 1. The maximum absolute atomic E-state index is 13.0. The number of aliphatic hydroxyl groups excluding tert-OH is 1. The summed E-state index contributed by atoms with van der Waals surface area (Å²) in [5.41, 5.74) is 4.46. The number of nitrogens with zero attached hydrogens (tertiary/aromatic N) is 3. The predicted molar refractivity (Wildman–Crippen MR) is 147 cm³/mol. The van der Waals surface area contributed by atoms with Crippen LogP contribution in [0.4, 0.5) is 5.13 Å². The van der Waals surface area contributed by atoms with Crippen molar-refractivity contribution in [3.63, 3.8) is 0 Å². The van der Waals surface area contributed by atoms with Crippen molar-refractivity contribution in [2.75, 3.05) is 11.5 Å².